The average Bonchev–Trinajstić information content (AvgIpc) is 2.59. The molecular formula is C10H10F3N3. The second-order valence-electron chi connectivity index (χ2n) is 3.63. The van der Waals surface area contributed by atoms with Gasteiger partial charge in [-0.2, -0.15) is 18.3 Å². The summed E-state index contributed by atoms with van der Waals surface area (Å²) >= 11 is 0. The predicted octanol–water partition coefficient (Wildman–Crippen LogP) is 2.60. The predicted molar refractivity (Wildman–Crippen MR) is 53.7 cm³/mol. The number of rotatable bonds is 1. The first kappa shape index (κ1) is 10.9. The van der Waals surface area contributed by atoms with E-state index in [1.165, 1.54) is 6.07 Å². The molecule has 3 N–H and O–H groups in total. The van der Waals surface area contributed by atoms with Crippen LogP contribution in [0.3, 0.4) is 0 Å². The summed E-state index contributed by atoms with van der Waals surface area (Å²) in [5.74, 6) is 0. The van der Waals surface area contributed by atoms with E-state index in [0.717, 1.165) is 0 Å². The van der Waals surface area contributed by atoms with Gasteiger partial charge in [0, 0.05) is 11.4 Å². The lowest BCUT2D eigenvalue weighted by Gasteiger charge is -2.10. The summed E-state index contributed by atoms with van der Waals surface area (Å²) in [5.41, 5.74) is 5.53. The Bertz CT molecular complexity index is 513. The number of alkyl halides is 3. The second-order valence-corrected chi connectivity index (χ2v) is 3.63. The van der Waals surface area contributed by atoms with Gasteiger partial charge in [-0.15, -0.1) is 0 Å². The fourth-order valence-corrected chi connectivity index (χ4v) is 1.68. The highest BCUT2D eigenvalue weighted by Gasteiger charge is 2.36. The van der Waals surface area contributed by atoms with Gasteiger partial charge in [-0.3, -0.25) is 5.10 Å². The molecule has 0 spiro atoms. The minimum Gasteiger partial charge on any atom is -0.324 e. The molecule has 16 heavy (non-hydrogen) atoms. The maximum absolute atomic E-state index is 12.7. The van der Waals surface area contributed by atoms with Gasteiger partial charge in [0.2, 0.25) is 0 Å². The normalized spacial score (nSPS) is 14.3. The van der Waals surface area contributed by atoms with Gasteiger partial charge in [-0.25, -0.2) is 0 Å². The number of hydrogen-bond acceptors (Lipinski definition) is 2. The van der Waals surface area contributed by atoms with E-state index in [4.69, 9.17) is 5.73 Å². The molecule has 86 valence electrons. The number of aromatic amines is 1. The van der Waals surface area contributed by atoms with Crippen LogP contribution < -0.4 is 5.73 Å². The molecule has 0 bridgehead atoms. The number of H-pyrrole nitrogens is 1. The maximum Gasteiger partial charge on any atom is 0.433 e. The molecule has 0 saturated heterocycles. The molecule has 0 fully saturated rings. The molecule has 2 aromatic rings. The van der Waals surface area contributed by atoms with Crippen molar-refractivity contribution >= 4 is 10.9 Å². The van der Waals surface area contributed by atoms with Gasteiger partial charge in [0.05, 0.1) is 5.52 Å². The monoisotopic (exact) mass is 229 g/mol. The summed E-state index contributed by atoms with van der Waals surface area (Å²) in [4.78, 5) is 0. The number of nitrogens with two attached hydrogens (primary N) is 1. The zero-order valence-electron chi connectivity index (χ0n) is 8.47. The number of aromatic nitrogens is 2. The Hall–Kier alpha value is -1.56. The second kappa shape index (κ2) is 3.48. The highest BCUT2D eigenvalue weighted by atomic mass is 19.4. The van der Waals surface area contributed by atoms with Crippen molar-refractivity contribution < 1.29 is 13.2 Å². The summed E-state index contributed by atoms with van der Waals surface area (Å²) in [6, 6.07) is 4.27. The van der Waals surface area contributed by atoms with Gasteiger partial charge in [-0.1, -0.05) is 12.1 Å². The molecule has 1 aromatic heterocycles. The first-order valence-corrected chi connectivity index (χ1v) is 4.71. The van der Waals surface area contributed by atoms with Crippen molar-refractivity contribution in [1.82, 2.24) is 10.2 Å². The van der Waals surface area contributed by atoms with Crippen molar-refractivity contribution in [3.63, 3.8) is 0 Å². The zero-order chi connectivity index (χ0) is 11.9. The molecule has 0 radical (unpaired) electrons. The number of halogens is 3. The fraction of sp³-hybridized carbons (Fsp3) is 0.300. The van der Waals surface area contributed by atoms with Crippen LogP contribution >= 0.6 is 0 Å². The highest BCUT2D eigenvalue weighted by Crippen LogP contribution is 2.35. The molecule has 0 aliphatic heterocycles. The summed E-state index contributed by atoms with van der Waals surface area (Å²) < 4.78 is 38.0. The van der Waals surface area contributed by atoms with E-state index >= 15 is 0 Å². The van der Waals surface area contributed by atoms with Crippen molar-refractivity contribution in [3.05, 3.63) is 29.5 Å². The van der Waals surface area contributed by atoms with Gasteiger partial charge in [-0.05, 0) is 18.6 Å². The standard InChI is InChI=1S/C10H10F3N3/c1-5(14)6-3-2-4-7-8(6)9(16-15-7)10(11,12)13/h2-5H,14H2,1H3,(H,15,16). The highest BCUT2D eigenvalue weighted by molar-refractivity contribution is 5.85. The zero-order valence-corrected chi connectivity index (χ0v) is 8.47. The van der Waals surface area contributed by atoms with Crippen LogP contribution in [0.15, 0.2) is 18.2 Å². The van der Waals surface area contributed by atoms with Crippen LogP contribution in [-0.4, -0.2) is 10.2 Å². The third kappa shape index (κ3) is 1.65. The van der Waals surface area contributed by atoms with E-state index in [2.05, 4.69) is 5.10 Å². The minimum absolute atomic E-state index is 0.0602. The first-order chi connectivity index (χ1) is 7.41. The number of benzene rings is 1. The van der Waals surface area contributed by atoms with Crippen molar-refractivity contribution in [2.75, 3.05) is 0 Å². The van der Waals surface area contributed by atoms with Gasteiger partial charge >= 0.3 is 6.18 Å². The fourth-order valence-electron chi connectivity index (χ4n) is 1.68. The van der Waals surface area contributed by atoms with E-state index in [1.807, 2.05) is 5.10 Å². The van der Waals surface area contributed by atoms with E-state index in [-0.39, 0.29) is 10.9 Å². The number of nitrogens with one attached hydrogen (secondary N) is 1. The van der Waals surface area contributed by atoms with Gasteiger partial charge < -0.3 is 5.73 Å². The molecule has 1 aromatic carbocycles. The molecule has 1 heterocycles. The van der Waals surface area contributed by atoms with Crippen LogP contribution in [0.1, 0.15) is 24.2 Å². The van der Waals surface area contributed by atoms with Crippen LogP contribution in [0.2, 0.25) is 0 Å². The molecule has 2 rings (SSSR count). The quantitative estimate of drug-likeness (QED) is 0.789. The van der Waals surface area contributed by atoms with Crippen LogP contribution in [-0.2, 0) is 6.18 Å². The number of nitrogens with zero attached hydrogens (tertiary/aromatic N) is 1. The molecule has 0 aliphatic carbocycles. The molecule has 0 amide bonds. The molecule has 0 aliphatic rings. The van der Waals surface area contributed by atoms with Gasteiger partial charge in [0.25, 0.3) is 0 Å². The number of hydrogen-bond donors (Lipinski definition) is 2. The Kier molecular flexibility index (Phi) is 2.38. The van der Waals surface area contributed by atoms with E-state index < -0.39 is 17.9 Å². The van der Waals surface area contributed by atoms with Crippen LogP contribution in [0.4, 0.5) is 13.2 Å². The smallest absolute Gasteiger partial charge is 0.324 e. The Labute approximate surface area is 89.4 Å². The topological polar surface area (TPSA) is 54.7 Å². The molecular weight excluding hydrogens is 219 g/mol. The first-order valence-electron chi connectivity index (χ1n) is 4.71. The summed E-state index contributed by atoms with van der Waals surface area (Å²) in [6.45, 7) is 1.64. The Morgan fingerprint density at radius 2 is 2.06 bits per heavy atom. The lowest BCUT2D eigenvalue weighted by atomic mass is 10.0. The van der Waals surface area contributed by atoms with Crippen LogP contribution in [0, 0.1) is 0 Å². The Balaban J connectivity index is 2.78. The molecule has 0 saturated carbocycles. The lowest BCUT2D eigenvalue weighted by molar-refractivity contribution is -0.139. The van der Waals surface area contributed by atoms with Crippen molar-refractivity contribution in [2.45, 2.75) is 19.1 Å². The molecule has 1 unspecified atom stereocenters. The van der Waals surface area contributed by atoms with Crippen LogP contribution in [0.25, 0.3) is 10.9 Å². The molecule has 1 atom stereocenters. The Morgan fingerprint density at radius 1 is 1.38 bits per heavy atom. The molecule has 6 heteroatoms. The summed E-state index contributed by atoms with van der Waals surface area (Å²) in [6.07, 6.45) is -4.44. The van der Waals surface area contributed by atoms with E-state index in [9.17, 15) is 13.2 Å². The van der Waals surface area contributed by atoms with Crippen molar-refractivity contribution in [2.24, 2.45) is 5.73 Å². The summed E-state index contributed by atoms with van der Waals surface area (Å²) in [5, 5.41) is 5.71. The van der Waals surface area contributed by atoms with Crippen molar-refractivity contribution in [3.8, 4) is 0 Å². The maximum atomic E-state index is 12.7. The van der Waals surface area contributed by atoms with E-state index in [0.29, 0.717) is 5.56 Å². The third-order valence-corrected chi connectivity index (χ3v) is 2.39. The SMILES string of the molecule is CC(N)c1cccc2n[nH]c(C(F)(F)F)c12. The van der Waals surface area contributed by atoms with Crippen LogP contribution in [0.5, 0.6) is 0 Å². The number of fused-ring (bicyclic) bond motifs is 1. The Morgan fingerprint density at radius 3 is 2.62 bits per heavy atom. The van der Waals surface area contributed by atoms with Crippen molar-refractivity contribution in [1.29, 1.82) is 0 Å². The third-order valence-electron chi connectivity index (χ3n) is 2.39. The van der Waals surface area contributed by atoms with Gasteiger partial charge in [0.1, 0.15) is 5.69 Å². The minimum atomic E-state index is -4.44. The summed E-state index contributed by atoms with van der Waals surface area (Å²) in [7, 11) is 0. The van der Waals surface area contributed by atoms with Gasteiger partial charge in [0.15, 0.2) is 0 Å². The van der Waals surface area contributed by atoms with E-state index in [1.54, 1.807) is 19.1 Å². The lowest BCUT2D eigenvalue weighted by Crippen LogP contribution is -2.10. The molecule has 3 nitrogen and oxygen atoms in total. The largest absolute Gasteiger partial charge is 0.433 e. The average molecular weight is 229 g/mol.